The molecule has 5 rings (SSSR count). The molecule has 0 aromatic heterocycles. The van der Waals surface area contributed by atoms with Crippen LogP contribution in [0, 0.1) is 0 Å². The van der Waals surface area contributed by atoms with Crippen molar-refractivity contribution in [2.24, 2.45) is 0 Å². The monoisotopic (exact) mass is 640 g/mol. The molecular formula is C34H35F3N2O7. The third kappa shape index (κ3) is 8.04. The number of carboxylic acids is 1. The second kappa shape index (κ2) is 13.6. The summed E-state index contributed by atoms with van der Waals surface area (Å²) >= 11 is 0. The summed E-state index contributed by atoms with van der Waals surface area (Å²) in [7, 11) is 1.69. The Labute approximate surface area is 264 Å². The lowest BCUT2D eigenvalue weighted by Gasteiger charge is -2.26. The molecule has 0 saturated carbocycles. The summed E-state index contributed by atoms with van der Waals surface area (Å²) < 4.78 is 61.4. The van der Waals surface area contributed by atoms with E-state index in [1.807, 2.05) is 30.3 Å². The second-order valence-corrected chi connectivity index (χ2v) is 11.5. The van der Waals surface area contributed by atoms with Gasteiger partial charge in [0.1, 0.15) is 5.75 Å². The molecule has 3 unspecified atom stereocenters. The van der Waals surface area contributed by atoms with Gasteiger partial charge >= 0.3 is 24.1 Å². The highest BCUT2D eigenvalue weighted by molar-refractivity contribution is 5.78. The molecule has 3 aromatic rings. The Hall–Kier alpha value is -4.87. The zero-order chi connectivity index (χ0) is 32.9. The molecule has 12 heteroatoms. The summed E-state index contributed by atoms with van der Waals surface area (Å²) in [5.74, 6) is -0.584. The van der Waals surface area contributed by atoms with Crippen molar-refractivity contribution in [1.82, 2.24) is 9.80 Å². The predicted molar refractivity (Wildman–Crippen MR) is 160 cm³/mol. The molecular weight excluding hydrogens is 605 g/mol. The van der Waals surface area contributed by atoms with E-state index in [1.54, 1.807) is 41.1 Å². The molecule has 2 aliphatic rings. The highest BCUT2D eigenvalue weighted by Gasteiger charge is 2.39. The van der Waals surface area contributed by atoms with E-state index >= 15 is 0 Å². The first-order valence-electron chi connectivity index (χ1n) is 14.8. The van der Waals surface area contributed by atoms with E-state index < -0.39 is 29.6 Å². The zero-order valence-corrected chi connectivity index (χ0v) is 25.4. The maximum atomic E-state index is 12.9. The number of carboxylic acid groups (broad SMARTS) is 1. The molecule has 46 heavy (non-hydrogen) atoms. The van der Waals surface area contributed by atoms with Crippen LogP contribution in [0.2, 0.25) is 0 Å². The third-order valence-corrected chi connectivity index (χ3v) is 7.98. The lowest BCUT2D eigenvalue weighted by molar-refractivity contribution is -0.168. The molecule has 1 saturated heterocycles. The molecule has 9 nitrogen and oxygen atoms in total. The normalized spacial score (nSPS) is 19.2. The Kier molecular flexibility index (Phi) is 9.64. The van der Waals surface area contributed by atoms with Crippen LogP contribution in [0.25, 0.3) is 0 Å². The number of urea groups is 1. The zero-order valence-electron chi connectivity index (χ0n) is 25.4. The largest absolute Gasteiger partial charge is 0.494 e. The van der Waals surface area contributed by atoms with Gasteiger partial charge in [0.15, 0.2) is 6.26 Å². The van der Waals surface area contributed by atoms with Gasteiger partial charge in [-0.05, 0) is 47.9 Å². The number of alkyl halides is 3. The molecule has 2 aliphatic heterocycles. The minimum Gasteiger partial charge on any atom is -0.494 e. The smallest absolute Gasteiger partial charge is 0.416 e. The number of amides is 2. The van der Waals surface area contributed by atoms with Crippen LogP contribution >= 0.6 is 0 Å². The summed E-state index contributed by atoms with van der Waals surface area (Å²) in [5.41, 5.74) is -0.0206. The van der Waals surface area contributed by atoms with E-state index in [9.17, 15) is 27.9 Å². The molecule has 2 heterocycles. The van der Waals surface area contributed by atoms with Crippen molar-refractivity contribution >= 4 is 12.0 Å². The maximum Gasteiger partial charge on any atom is 0.416 e. The van der Waals surface area contributed by atoms with Gasteiger partial charge < -0.3 is 33.9 Å². The highest BCUT2D eigenvalue weighted by Crippen LogP contribution is 2.30. The van der Waals surface area contributed by atoms with Crippen LogP contribution < -0.4 is 4.74 Å². The Morgan fingerprint density at radius 2 is 1.65 bits per heavy atom. The number of aliphatic carboxylic acids is 1. The third-order valence-electron chi connectivity index (χ3n) is 7.98. The van der Waals surface area contributed by atoms with Gasteiger partial charge in [-0.25, -0.2) is 9.59 Å². The summed E-state index contributed by atoms with van der Waals surface area (Å²) in [6.07, 6.45) is -2.67. The van der Waals surface area contributed by atoms with Crippen LogP contribution in [0.15, 0.2) is 91.1 Å². The van der Waals surface area contributed by atoms with Crippen LogP contribution in [-0.2, 0) is 44.6 Å². The van der Waals surface area contributed by atoms with E-state index in [0.717, 1.165) is 17.7 Å². The Balaban J connectivity index is 1.08. The van der Waals surface area contributed by atoms with Gasteiger partial charge in [-0.1, -0.05) is 54.6 Å². The molecule has 0 aliphatic carbocycles. The van der Waals surface area contributed by atoms with Crippen molar-refractivity contribution in [3.8, 4) is 5.75 Å². The SMILES string of the molecule is CN1C(=O)N(Cc2ccc(C(F)(F)F)cc2)CC1CCOc1ccc(CC(C)(OC2=COC(Cc3ccccc3)O2)C(=O)O)cc1. The van der Waals surface area contributed by atoms with E-state index in [2.05, 4.69) is 0 Å². The molecule has 3 atom stereocenters. The number of halogens is 3. The molecule has 0 spiro atoms. The standard InChI is InChI=1S/C34H35F3N2O7/c1-33(31(40)41,46-30-22-44-29(45-30)18-23-6-4-3-5-7-23)19-24-10-14-28(15-11-24)43-17-16-27-21-39(32(42)38(27)2)20-25-8-12-26(13-9-25)34(35,36)37/h3-15,22,27,29H,16-21H2,1-2H3,(H,40,41). The number of hydrogen-bond donors (Lipinski definition) is 1. The topological polar surface area (TPSA) is 97.8 Å². The van der Waals surface area contributed by atoms with Crippen molar-refractivity contribution in [2.45, 2.75) is 56.8 Å². The number of likely N-dealkylation sites (N-methyl/N-ethyl adjacent to an activating group) is 1. The number of carbonyl (C=O) groups excluding carboxylic acids is 1. The lowest BCUT2D eigenvalue weighted by Crippen LogP contribution is -2.40. The van der Waals surface area contributed by atoms with Gasteiger partial charge in [-0.15, -0.1) is 0 Å². The van der Waals surface area contributed by atoms with Gasteiger partial charge in [-0.3, -0.25) is 0 Å². The number of rotatable bonds is 13. The molecule has 1 fully saturated rings. The first-order valence-corrected chi connectivity index (χ1v) is 14.8. The molecule has 1 N–H and O–H groups in total. The van der Waals surface area contributed by atoms with Crippen molar-refractivity contribution in [3.63, 3.8) is 0 Å². The van der Waals surface area contributed by atoms with Crippen molar-refractivity contribution in [1.29, 1.82) is 0 Å². The van der Waals surface area contributed by atoms with E-state index in [1.165, 1.54) is 25.3 Å². The van der Waals surface area contributed by atoms with E-state index in [4.69, 9.17) is 18.9 Å². The Morgan fingerprint density at radius 3 is 2.30 bits per heavy atom. The first kappa shape index (κ1) is 32.5. The van der Waals surface area contributed by atoms with Crippen LogP contribution in [-0.4, -0.2) is 65.0 Å². The molecule has 0 radical (unpaired) electrons. The first-order chi connectivity index (χ1) is 21.9. The van der Waals surface area contributed by atoms with Gasteiger partial charge in [0.2, 0.25) is 11.9 Å². The van der Waals surface area contributed by atoms with Gasteiger partial charge in [0.05, 0.1) is 18.2 Å². The van der Waals surface area contributed by atoms with E-state index in [0.29, 0.717) is 42.9 Å². The number of ether oxygens (including phenoxy) is 4. The highest BCUT2D eigenvalue weighted by atomic mass is 19.4. The van der Waals surface area contributed by atoms with Crippen molar-refractivity contribution in [3.05, 3.63) is 113 Å². The van der Waals surface area contributed by atoms with Gasteiger partial charge in [0.25, 0.3) is 0 Å². The molecule has 0 bridgehead atoms. The molecule has 2 amide bonds. The van der Waals surface area contributed by atoms with Crippen LogP contribution in [0.3, 0.4) is 0 Å². The summed E-state index contributed by atoms with van der Waals surface area (Å²) in [5, 5.41) is 9.97. The van der Waals surface area contributed by atoms with Crippen molar-refractivity contribution < 1.29 is 46.8 Å². The predicted octanol–water partition coefficient (Wildman–Crippen LogP) is 6.23. The van der Waals surface area contributed by atoms with Crippen LogP contribution in [0.1, 0.15) is 35.6 Å². The van der Waals surface area contributed by atoms with Crippen LogP contribution in [0.5, 0.6) is 5.75 Å². The lowest BCUT2D eigenvalue weighted by atomic mass is 9.96. The van der Waals surface area contributed by atoms with Gasteiger partial charge in [0, 0.05) is 39.4 Å². The number of nitrogens with zero attached hydrogens (tertiary/aromatic N) is 2. The average Bonchev–Trinajstić information content (AvgIpc) is 3.56. The second-order valence-electron chi connectivity index (χ2n) is 11.5. The Bertz CT molecular complexity index is 1530. The minimum absolute atomic E-state index is 0.000859. The van der Waals surface area contributed by atoms with Crippen LogP contribution in [0.4, 0.5) is 18.0 Å². The fourth-order valence-corrected chi connectivity index (χ4v) is 5.32. The summed E-state index contributed by atoms with van der Waals surface area (Å²) in [4.78, 5) is 28.2. The average molecular weight is 641 g/mol. The summed E-state index contributed by atoms with van der Waals surface area (Å²) in [6.45, 7) is 2.42. The van der Waals surface area contributed by atoms with Crippen molar-refractivity contribution in [2.75, 3.05) is 20.2 Å². The number of hydrogen-bond acceptors (Lipinski definition) is 6. The maximum absolute atomic E-state index is 12.9. The quantitative estimate of drug-likeness (QED) is 0.237. The number of benzene rings is 3. The minimum atomic E-state index is -4.41. The van der Waals surface area contributed by atoms with Gasteiger partial charge in [-0.2, -0.15) is 13.2 Å². The molecule has 3 aromatic carbocycles. The summed E-state index contributed by atoms with van der Waals surface area (Å²) in [6, 6.07) is 21.1. The fraction of sp³-hybridized carbons (Fsp3) is 0.353. The van der Waals surface area contributed by atoms with E-state index in [-0.39, 0.29) is 31.0 Å². The Morgan fingerprint density at radius 1 is 0.978 bits per heavy atom. The molecule has 244 valence electrons. The number of carbonyl (C=O) groups is 2. The fourth-order valence-electron chi connectivity index (χ4n) is 5.32.